The summed E-state index contributed by atoms with van der Waals surface area (Å²) in [4.78, 5) is 12.8. The van der Waals surface area contributed by atoms with Crippen LogP contribution in [0.25, 0.3) is 0 Å². The lowest BCUT2D eigenvalue weighted by Crippen LogP contribution is -2.27. The molecule has 0 saturated heterocycles. The predicted octanol–water partition coefficient (Wildman–Crippen LogP) is 3.51. The third kappa shape index (κ3) is 4.03. The standard InChI is InChI=1S/C19H23NO3S/c1-12-10-14(3)18(11-13(12)2)19(21)20-15(4)16-6-8-17(9-7-16)24(5,22)23/h6-11,15H,1-5H3,(H,20,21)/t15-/m0/s1. The van der Waals surface area contributed by atoms with Gasteiger partial charge in [-0.2, -0.15) is 0 Å². The van der Waals surface area contributed by atoms with E-state index in [0.29, 0.717) is 5.56 Å². The Balaban J connectivity index is 2.19. The van der Waals surface area contributed by atoms with Gasteiger partial charge in [0, 0.05) is 11.8 Å². The molecule has 5 heteroatoms. The molecule has 0 saturated carbocycles. The monoisotopic (exact) mass is 345 g/mol. The Morgan fingerprint density at radius 2 is 1.50 bits per heavy atom. The molecule has 0 aliphatic rings. The number of hydrogen-bond donors (Lipinski definition) is 1. The Labute approximate surface area is 143 Å². The summed E-state index contributed by atoms with van der Waals surface area (Å²) in [5.74, 6) is -0.129. The van der Waals surface area contributed by atoms with E-state index in [4.69, 9.17) is 0 Å². The van der Waals surface area contributed by atoms with E-state index in [-0.39, 0.29) is 16.8 Å². The van der Waals surface area contributed by atoms with Gasteiger partial charge in [0.2, 0.25) is 0 Å². The van der Waals surface area contributed by atoms with Gasteiger partial charge in [-0.15, -0.1) is 0 Å². The van der Waals surface area contributed by atoms with Crippen molar-refractivity contribution < 1.29 is 13.2 Å². The van der Waals surface area contributed by atoms with Crippen molar-refractivity contribution in [2.24, 2.45) is 0 Å². The number of carbonyl (C=O) groups excluding carboxylic acids is 1. The van der Waals surface area contributed by atoms with E-state index < -0.39 is 9.84 Å². The van der Waals surface area contributed by atoms with Crippen LogP contribution in [0.2, 0.25) is 0 Å². The van der Waals surface area contributed by atoms with Crippen LogP contribution in [0.15, 0.2) is 41.3 Å². The highest BCUT2D eigenvalue weighted by Gasteiger charge is 2.15. The lowest BCUT2D eigenvalue weighted by molar-refractivity contribution is 0.0939. The normalized spacial score (nSPS) is 12.7. The van der Waals surface area contributed by atoms with Crippen molar-refractivity contribution in [1.29, 1.82) is 0 Å². The van der Waals surface area contributed by atoms with Crippen molar-refractivity contribution in [3.63, 3.8) is 0 Å². The maximum Gasteiger partial charge on any atom is 0.252 e. The van der Waals surface area contributed by atoms with Gasteiger partial charge in [0.1, 0.15) is 0 Å². The molecule has 0 heterocycles. The topological polar surface area (TPSA) is 63.2 Å². The van der Waals surface area contributed by atoms with Crippen molar-refractivity contribution in [1.82, 2.24) is 5.32 Å². The third-order valence-corrected chi connectivity index (χ3v) is 5.37. The molecule has 2 aromatic rings. The zero-order chi connectivity index (χ0) is 18.1. The molecule has 128 valence electrons. The van der Waals surface area contributed by atoms with Gasteiger partial charge >= 0.3 is 0 Å². The van der Waals surface area contributed by atoms with Crippen LogP contribution >= 0.6 is 0 Å². The summed E-state index contributed by atoms with van der Waals surface area (Å²) in [7, 11) is -3.21. The Morgan fingerprint density at radius 3 is 2.04 bits per heavy atom. The average Bonchev–Trinajstić information content (AvgIpc) is 2.50. The largest absolute Gasteiger partial charge is 0.346 e. The first-order chi connectivity index (χ1) is 11.1. The molecule has 2 aromatic carbocycles. The summed E-state index contributed by atoms with van der Waals surface area (Å²) < 4.78 is 23.0. The van der Waals surface area contributed by atoms with Crippen LogP contribution in [0.4, 0.5) is 0 Å². The Morgan fingerprint density at radius 1 is 0.958 bits per heavy atom. The fourth-order valence-corrected chi connectivity index (χ4v) is 3.20. The van der Waals surface area contributed by atoms with Crippen LogP contribution in [0.1, 0.15) is 45.6 Å². The molecule has 0 aliphatic carbocycles. The maximum atomic E-state index is 12.5. The first kappa shape index (κ1) is 18.2. The number of sulfone groups is 1. The average molecular weight is 345 g/mol. The number of hydrogen-bond acceptors (Lipinski definition) is 3. The number of amides is 1. The van der Waals surface area contributed by atoms with Crippen molar-refractivity contribution in [3.05, 3.63) is 64.2 Å². The van der Waals surface area contributed by atoms with Crippen molar-refractivity contribution in [2.45, 2.75) is 38.6 Å². The molecule has 0 spiro atoms. The first-order valence-electron chi connectivity index (χ1n) is 7.78. The second-order valence-electron chi connectivity index (χ2n) is 6.29. The van der Waals surface area contributed by atoms with E-state index in [2.05, 4.69) is 5.32 Å². The highest BCUT2D eigenvalue weighted by molar-refractivity contribution is 7.90. The van der Waals surface area contributed by atoms with Crippen LogP contribution < -0.4 is 5.32 Å². The van der Waals surface area contributed by atoms with Gasteiger partial charge < -0.3 is 5.32 Å². The van der Waals surface area contributed by atoms with E-state index >= 15 is 0 Å². The maximum absolute atomic E-state index is 12.5. The Bertz CT molecular complexity index is 868. The molecule has 0 unspecified atom stereocenters. The number of aryl methyl sites for hydroxylation is 3. The summed E-state index contributed by atoms with van der Waals surface area (Å²) in [6.07, 6.45) is 1.18. The van der Waals surface area contributed by atoms with E-state index in [0.717, 1.165) is 22.3 Å². The van der Waals surface area contributed by atoms with Gasteiger partial charge in [-0.1, -0.05) is 18.2 Å². The SMILES string of the molecule is Cc1cc(C)c(C(=O)N[C@@H](C)c2ccc(S(C)(=O)=O)cc2)cc1C. The Hall–Kier alpha value is -2.14. The molecule has 0 aliphatic heterocycles. The van der Waals surface area contributed by atoms with Gasteiger partial charge in [0.15, 0.2) is 9.84 Å². The van der Waals surface area contributed by atoms with Gasteiger partial charge in [-0.25, -0.2) is 8.42 Å². The number of rotatable bonds is 4. The van der Waals surface area contributed by atoms with Gasteiger partial charge in [-0.3, -0.25) is 4.79 Å². The van der Waals surface area contributed by atoms with E-state index in [1.54, 1.807) is 24.3 Å². The van der Waals surface area contributed by atoms with Crippen molar-refractivity contribution in [3.8, 4) is 0 Å². The second-order valence-corrected chi connectivity index (χ2v) is 8.30. The molecule has 1 N–H and O–H groups in total. The van der Waals surface area contributed by atoms with Gasteiger partial charge in [-0.05, 0) is 68.1 Å². The number of nitrogens with one attached hydrogen (secondary N) is 1. The van der Waals surface area contributed by atoms with Crippen LogP contribution in [0, 0.1) is 20.8 Å². The molecule has 0 aromatic heterocycles. The van der Waals surface area contributed by atoms with E-state index in [1.165, 1.54) is 6.26 Å². The van der Waals surface area contributed by atoms with Crippen LogP contribution in [-0.4, -0.2) is 20.6 Å². The number of carbonyl (C=O) groups is 1. The highest BCUT2D eigenvalue weighted by atomic mass is 32.2. The summed E-state index contributed by atoms with van der Waals surface area (Å²) >= 11 is 0. The summed E-state index contributed by atoms with van der Waals surface area (Å²) in [5.41, 5.74) is 4.70. The van der Waals surface area contributed by atoms with Crippen molar-refractivity contribution >= 4 is 15.7 Å². The third-order valence-electron chi connectivity index (χ3n) is 4.24. The molecule has 4 nitrogen and oxygen atoms in total. The van der Waals surface area contributed by atoms with E-state index in [9.17, 15) is 13.2 Å². The minimum absolute atomic E-state index is 0.129. The van der Waals surface area contributed by atoms with Gasteiger partial charge in [0.05, 0.1) is 10.9 Å². The summed E-state index contributed by atoms with van der Waals surface area (Å²) in [6.45, 7) is 7.81. The minimum atomic E-state index is -3.21. The molecule has 2 rings (SSSR count). The second kappa shape index (κ2) is 6.77. The lowest BCUT2D eigenvalue weighted by Gasteiger charge is -2.16. The lowest BCUT2D eigenvalue weighted by atomic mass is 10.00. The van der Waals surface area contributed by atoms with Gasteiger partial charge in [0.25, 0.3) is 5.91 Å². The molecule has 0 fully saturated rings. The summed E-state index contributed by atoms with van der Waals surface area (Å²) in [5, 5.41) is 2.97. The highest BCUT2D eigenvalue weighted by Crippen LogP contribution is 2.19. The summed E-state index contributed by atoms with van der Waals surface area (Å²) in [6, 6.07) is 10.3. The molecule has 1 atom stereocenters. The fourth-order valence-electron chi connectivity index (χ4n) is 2.57. The number of benzene rings is 2. The minimum Gasteiger partial charge on any atom is -0.346 e. The zero-order valence-corrected chi connectivity index (χ0v) is 15.5. The molecular formula is C19H23NO3S. The molecule has 0 bridgehead atoms. The predicted molar refractivity (Wildman–Crippen MR) is 96.1 cm³/mol. The fraction of sp³-hybridized carbons (Fsp3) is 0.316. The van der Waals surface area contributed by atoms with E-state index in [1.807, 2.05) is 39.8 Å². The van der Waals surface area contributed by atoms with Crippen LogP contribution in [0.3, 0.4) is 0 Å². The molecule has 1 amide bonds. The zero-order valence-electron chi connectivity index (χ0n) is 14.7. The Kier molecular flexibility index (Phi) is 5.13. The van der Waals surface area contributed by atoms with Crippen molar-refractivity contribution in [2.75, 3.05) is 6.26 Å². The van der Waals surface area contributed by atoms with Crippen LogP contribution in [-0.2, 0) is 9.84 Å². The van der Waals surface area contributed by atoms with Crippen LogP contribution in [0.5, 0.6) is 0 Å². The molecular weight excluding hydrogens is 322 g/mol. The first-order valence-corrected chi connectivity index (χ1v) is 9.67. The molecule has 0 radical (unpaired) electrons. The molecule has 24 heavy (non-hydrogen) atoms. The smallest absolute Gasteiger partial charge is 0.252 e. The quantitative estimate of drug-likeness (QED) is 0.922.